The van der Waals surface area contributed by atoms with Crippen molar-refractivity contribution in [2.75, 3.05) is 13.7 Å². The molecule has 0 amide bonds. The zero-order valence-corrected chi connectivity index (χ0v) is 23.4. The number of aliphatic hydroxyl groups is 1. The number of carbonyl (C=O) groups excluding carboxylic acids is 1. The molecule has 202 valence electrons. The van der Waals surface area contributed by atoms with Gasteiger partial charge in [-0.25, -0.2) is 0 Å². The lowest BCUT2D eigenvalue weighted by Gasteiger charge is -2.71. The number of ether oxygens (including phenoxy) is 1. The molecule has 4 aliphatic carbocycles. The summed E-state index contributed by atoms with van der Waals surface area (Å²) in [5, 5.41) is 15.5. The Morgan fingerprint density at radius 2 is 1.84 bits per heavy atom. The predicted octanol–water partition coefficient (Wildman–Crippen LogP) is 5.82. The Hall–Kier alpha value is -1.79. The maximum absolute atomic E-state index is 13.9. The molecule has 2 aromatic heterocycles. The molecular formula is C31H45N3O3. The number of carbonyl (C=O) groups is 1. The van der Waals surface area contributed by atoms with E-state index in [0.29, 0.717) is 24.2 Å². The van der Waals surface area contributed by atoms with Crippen molar-refractivity contribution in [3.05, 3.63) is 24.5 Å². The summed E-state index contributed by atoms with van der Waals surface area (Å²) < 4.78 is 7.85. The number of pyridine rings is 1. The van der Waals surface area contributed by atoms with E-state index in [-0.39, 0.29) is 27.6 Å². The van der Waals surface area contributed by atoms with Crippen molar-refractivity contribution in [1.82, 2.24) is 14.8 Å². The molecule has 4 fully saturated rings. The molecule has 8 atom stereocenters. The zero-order valence-electron chi connectivity index (χ0n) is 23.4. The highest BCUT2D eigenvalue weighted by molar-refractivity contribution is 5.84. The van der Waals surface area contributed by atoms with Gasteiger partial charge in [0.25, 0.3) is 0 Å². The van der Waals surface area contributed by atoms with Crippen molar-refractivity contribution in [3.8, 4) is 0 Å². The molecule has 6 heteroatoms. The van der Waals surface area contributed by atoms with Gasteiger partial charge in [-0.15, -0.1) is 0 Å². The van der Waals surface area contributed by atoms with E-state index in [1.165, 1.54) is 6.42 Å². The lowest BCUT2D eigenvalue weighted by molar-refractivity contribution is -0.242. The number of hydrogen-bond donors (Lipinski definition) is 1. The minimum atomic E-state index is -0.560. The highest BCUT2D eigenvalue weighted by Gasteiger charge is 2.71. The van der Waals surface area contributed by atoms with Crippen LogP contribution in [0.3, 0.4) is 0 Å². The number of fused-ring (bicyclic) bond motifs is 6. The number of nitrogens with zero attached hydrogens (tertiary/aromatic N) is 3. The van der Waals surface area contributed by atoms with E-state index < -0.39 is 5.60 Å². The van der Waals surface area contributed by atoms with Crippen LogP contribution in [0.1, 0.15) is 85.5 Å². The summed E-state index contributed by atoms with van der Waals surface area (Å²) in [6.07, 6.45) is 13.0. The summed E-state index contributed by atoms with van der Waals surface area (Å²) in [4.78, 5) is 18.3. The van der Waals surface area contributed by atoms with E-state index >= 15 is 0 Å². The van der Waals surface area contributed by atoms with E-state index in [9.17, 15) is 9.90 Å². The fourth-order valence-corrected chi connectivity index (χ4v) is 10.6. The molecule has 37 heavy (non-hydrogen) atoms. The van der Waals surface area contributed by atoms with Crippen molar-refractivity contribution < 1.29 is 14.6 Å². The van der Waals surface area contributed by atoms with Crippen LogP contribution in [0.25, 0.3) is 11.0 Å². The molecule has 0 spiro atoms. The summed E-state index contributed by atoms with van der Waals surface area (Å²) in [6.45, 7) is 10.7. The lowest BCUT2D eigenvalue weighted by atomic mass is 9.34. The van der Waals surface area contributed by atoms with Gasteiger partial charge in [-0.1, -0.05) is 20.8 Å². The van der Waals surface area contributed by atoms with Gasteiger partial charge in [0.05, 0.1) is 23.9 Å². The van der Waals surface area contributed by atoms with Crippen molar-refractivity contribution >= 4 is 16.8 Å². The van der Waals surface area contributed by atoms with E-state index in [4.69, 9.17) is 4.74 Å². The summed E-state index contributed by atoms with van der Waals surface area (Å²) in [5.74, 6) is 1.48. The summed E-state index contributed by atoms with van der Waals surface area (Å²) in [7, 11) is 1.86. The van der Waals surface area contributed by atoms with Gasteiger partial charge < -0.3 is 9.84 Å². The van der Waals surface area contributed by atoms with Crippen LogP contribution in [-0.4, -0.2) is 45.0 Å². The molecule has 1 N–H and O–H groups in total. The zero-order chi connectivity index (χ0) is 26.3. The second-order valence-electron chi connectivity index (χ2n) is 14.1. The molecule has 0 radical (unpaired) electrons. The number of methoxy groups -OCH3 is 1. The third kappa shape index (κ3) is 3.40. The average Bonchev–Trinajstić information content (AvgIpc) is 3.38. The second-order valence-corrected chi connectivity index (χ2v) is 14.1. The normalized spacial score (nSPS) is 45.3. The Bertz CT molecular complexity index is 1210. The van der Waals surface area contributed by atoms with Gasteiger partial charge in [-0.05, 0) is 105 Å². The van der Waals surface area contributed by atoms with Gasteiger partial charge in [0.2, 0.25) is 0 Å². The first-order valence-corrected chi connectivity index (χ1v) is 14.5. The highest BCUT2D eigenvalue weighted by Crippen LogP contribution is 2.77. The largest absolute Gasteiger partial charge is 0.390 e. The fraction of sp³-hybridized carbons (Fsp3) is 0.774. The van der Waals surface area contributed by atoms with Crippen molar-refractivity contribution in [2.45, 2.75) is 97.6 Å². The van der Waals surface area contributed by atoms with Crippen LogP contribution in [0, 0.1) is 39.4 Å². The van der Waals surface area contributed by atoms with Gasteiger partial charge in [-0.2, -0.15) is 5.10 Å². The highest BCUT2D eigenvalue weighted by atomic mass is 16.5. The molecule has 6 rings (SSSR count). The fourth-order valence-electron chi connectivity index (χ4n) is 10.6. The third-order valence-corrected chi connectivity index (χ3v) is 12.8. The van der Waals surface area contributed by atoms with Crippen molar-refractivity contribution in [1.29, 1.82) is 0 Å². The van der Waals surface area contributed by atoms with E-state index in [1.807, 2.05) is 30.8 Å². The molecule has 4 saturated carbocycles. The van der Waals surface area contributed by atoms with Crippen LogP contribution in [-0.2, 0) is 16.1 Å². The average molecular weight is 508 g/mol. The molecular weight excluding hydrogens is 462 g/mol. The number of aromatic nitrogens is 3. The lowest BCUT2D eigenvalue weighted by Crippen LogP contribution is -2.66. The smallest absolute Gasteiger partial charge is 0.157 e. The number of ketones is 1. The Morgan fingerprint density at radius 3 is 2.62 bits per heavy atom. The van der Waals surface area contributed by atoms with Crippen LogP contribution < -0.4 is 0 Å². The van der Waals surface area contributed by atoms with Crippen LogP contribution >= 0.6 is 0 Å². The van der Waals surface area contributed by atoms with Gasteiger partial charge in [-0.3, -0.25) is 14.5 Å². The summed E-state index contributed by atoms with van der Waals surface area (Å²) in [5.41, 5.74) is 1.62. The predicted molar refractivity (Wildman–Crippen MR) is 144 cm³/mol. The maximum Gasteiger partial charge on any atom is 0.157 e. The Labute approximate surface area is 221 Å². The molecule has 0 bridgehead atoms. The van der Waals surface area contributed by atoms with Crippen LogP contribution in [0.5, 0.6) is 0 Å². The van der Waals surface area contributed by atoms with Crippen molar-refractivity contribution in [3.63, 3.8) is 0 Å². The van der Waals surface area contributed by atoms with Gasteiger partial charge >= 0.3 is 0 Å². The monoisotopic (exact) mass is 507 g/mol. The van der Waals surface area contributed by atoms with Crippen molar-refractivity contribution in [2.24, 2.45) is 39.4 Å². The van der Waals surface area contributed by atoms with Gasteiger partial charge in [0.15, 0.2) is 5.78 Å². The summed E-state index contributed by atoms with van der Waals surface area (Å²) in [6, 6.07) is 3.92. The number of Topliss-reactive ketones (excluding diaryl/α,β-unsaturated/α-hetero) is 1. The Morgan fingerprint density at radius 1 is 1.05 bits per heavy atom. The molecule has 2 heterocycles. The first-order chi connectivity index (χ1) is 17.5. The van der Waals surface area contributed by atoms with E-state index in [1.54, 1.807) is 12.4 Å². The topological polar surface area (TPSA) is 77.2 Å². The molecule has 0 saturated heterocycles. The van der Waals surface area contributed by atoms with E-state index in [0.717, 1.165) is 69.0 Å². The number of rotatable bonds is 5. The minimum Gasteiger partial charge on any atom is -0.390 e. The van der Waals surface area contributed by atoms with Crippen LogP contribution in [0.2, 0.25) is 0 Å². The number of hydrogen-bond acceptors (Lipinski definition) is 5. The maximum atomic E-state index is 13.9. The van der Waals surface area contributed by atoms with Gasteiger partial charge in [0.1, 0.15) is 12.1 Å². The summed E-state index contributed by atoms with van der Waals surface area (Å²) >= 11 is 0. The minimum absolute atomic E-state index is 0.00325. The van der Waals surface area contributed by atoms with Crippen LogP contribution in [0.4, 0.5) is 0 Å². The Kier molecular flexibility index (Phi) is 5.75. The van der Waals surface area contributed by atoms with Gasteiger partial charge in [0, 0.05) is 24.6 Å². The standard InChI is InChI=1S/C31H45N3O3/c1-27(36)12-15-31(20-37-5)21(17-27)8-9-26-29(3)11-10-22(28(29,2)13-14-30(26,31)4)25(35)19-34-24-7-6-16-32-23(24)18-33-34/h6-7,16,18,21-22,26,36H,8-15,17,19-20H2,1-5H3/t21-,22+,26-,27+,28+,29-,30-,31+/m0/s1. The SMILES string of the molecule is COC[C@]12CC[C@@](C)(O)C[C@@H]1CC[C@@H]1[C@]2(C)CC[C@]2(C)[C@@H](C(=O)Cn3ncc4ncccc43)CC[C@@]12C. The first-order valence-electron chi connectivity index (χ1n) is 14.5. The molecule has 0 aliphatic heterocycles. The first kappa shape index (κ1) is 25.5. The third-order valence-electron chi connectivity index (χ3n) is 12.8. The molecule has 6 nitrogen and oxygen atoms in total. The second kappa shape index (κ2) is 8.35. The molecule has 2 aromatic rings. The molecule has 4 aliphatic rings. The molecule has 0 aromatic carbocycles. The molecule has 0 unspecified atom stereocenters. The quantitative estimate of drug-likeness (QED) is 0.552. The van der Waals surface area contributed by atoms with Crippen LogP contribution in [0.15, 0.2) is 24.5 Å². The van der Waals surface area contributed by atoms with E-state index in [2.05, 4.69) is 30.9 Å². The Balaban J connectivity index is 1.31.